The molecule has 1 atom stereocenters. The van der Waals surface area contributed by atoms with E-state index in [0.29, 0.717) is 34.7 Å². The number of rotatable bonds is 9. The second kappa shape index (κ2) is 11.7. The van der Waals surface area contributed by atoms with E-state index in [1.807, 2.05) is 43.3 Å². The number of ether oxygens (including phenoxy) is 4. The standard InChI is InChI=1S/C23H27N3O5S.ClH/c1-6-31-16-9-7-14(8-10-16)19-21(32-23(25-19)26-22(27)13(2)24)15-11-17(28-3)20(30-5)18(12-15)29-4;/h7-13H,6,24H2,1-5H3,(H,25,26,27);1H/t13-;/m0./s1. The predicted molar refractivity (Wildman–Crippen MR) is 133 cm³/mol. The Kier molecular flexibility index (Phi) is 9.33. The van der Waals surface area contributed by atoms with Crippen molar-refractivity contribution in [3.8, 4) is 44.7 Å². The van der Waals surface area contributed by atoms with Crippen LogP contribution >= 0.6 is 23.7 Å². The number of anilines is 1. The quantitative estimate of drug-likeness (QED) is 0.448. The summed E-state index contributed by atoms with van der Waals surface area (Å²) in [6, 6.07) is 10.7. The molecule has 0 fully saturated rings. The number of nitrogens with two attached hydrogens (primary N) is 1. The van der Waals surface area contributed by atoms with Gasteiger partial charge in [0.15, 0.2) is 16.6 Å². The van der Waals surface area contributed by atoms with Gasteiger partial charge in [-0.25, -0.2) is 4.98 Å². The number of thiazole rings is 1. The Hall–Kier alpha value is -3.01. The van der Waals surface area contributed by atoms with Crippen molar-refractivity contribution in [2.45, 2.75) is 19.9 Å². The number of carbonyl (C=O) groups excluding carboxylic acids is 1. The third kappa shape index (κ3) is 5.87. The van der Waals surface area contributed by atoms with Gasteiger partial charge in [-0.2, -0.15) is 0 Å². The van der Waals surface area contributed by atoms with Crippen molar-refractivity contribution >= 4 is 34.8 Å². The number of hydrogen-bond acceptors (Lipinski definition) is 8. The normalized spacial score (nSPS) is 11.2. The average molecular weight is 494 g/mol. The summed E-state index contributed by atoms with van der Waals surface area (Å²) in [5, 5.41) is 3.23. The van der Waals surface area contributed by atoms with Gasteiger partial charge in [0.05, 0.1) is 44.5 Å². The van der Waals surface area contributed by atoms with Crippen LogP contribution in [0.4, 0.5) is 5.13 Å². The Morgan fingerprint density at radius 3 is 2.15 bits per heavy atom. The summed E-state index contributed by atoms with van der Waals surface area (Å²) in [6.45, 7) is 4.14. The zero-order valence-electron chi connectivity index (χ0n) is 19.1. The fourth-order valence-corrected chi connectivity index (χ4v) is 4.05. The first-order chi connectivity index (χ1) is 15.4. The van der Waals surface area contributed by atoms with Gasteiger partial charge in [0, 0.05) is 11.1 Å². The molecule has 0 aliphatic rings. The number of amides is 1. The third-order valence-corrected chi connectivity index (χ3v) is 5.66. The van der Waals surface area contributed by atoms with Gasteiger partial charge in [0.2, 0.25) is 11.7 Å². The number of carbonyl (C=O) groups is 1. The second-order valence-electron chi connectivity index (χ2n) is 6.85. The van der Waals surface area contributed by atoms with Gasteiger partial charge < -0.3 is 30.0 Å². The SMILES string of the molecule is CCOc1ccc(-c2nc(NC(=O)[C@H](C)N)sc2-c2cc(OC)c(OC)c(OC)c2)cc1.Cl. The smallest absolute Gasteiger partial charge is 0.242 e. The lowest BCUT2D eigenvalue weighted by Crippen LogP contribution is -2.32. The maximum atomic E-state index is 12.2. The highest BCUT2D eigenvalue weighted by molar-refractivity contribution is 7.19. The number of hydrogen-bond donors (Lipinski definition) is 2. The summed E-state index contributed by atoms with van der Waals surface area (Å²) in [4.78, 5) is 17.7. The van der Waals surface area contributed by atoms with Crippen LogP contribution in [0, 0.1) is 0 Å². The van der Waals surface area contributed by atoms with Crippen molar-refractivity contribution in [3.05, 3.63) is 36.4 Å². The highest BCUT2D eigenvalue weighted by Gasteiger charge is 2.21. The average Bonchev–Trinajstić information content (AvgIpc) is 3.22. The first-order valence-corrected chi connectivity index (χ1v) is 10.8. The number of methoxy groups -OCH3 is 3. The number of halogens is 1. The maximum Gasteiger partial charge on any atom is 0.242 e. The van der Waals surface area contributed by atoms with E-state index < -0.39 is 6.04 Å². The van der Waals surface area contributed by atoms with Crippen LogP contribution in [0.5, 0.6) is 23.0 Å². The Morgan fingerprint density at radius 1 is 1.06 bits per heavy atom. The molecule has 1 heterocycles. The summed E-state index contributed by atoms with van der Waals surface area (Å²) in [7, 11) is 4.69. The lowest BCUT2D eigenvalue weighted by atomic mass is 10.1. The van der Waals surface area contributed by atoms with Crippen molar-refractivity contribution in [2.75, 3.05) is 33.3 Å². The molecular weight excluding hydrogens is 466 g/mol. The largest absolute Gasteiger partial charge is 0.494 e. The lowest BCUT2D eigenvalue weighted by molar-refractivity contribution is -0.117. The maximum absolute atomic E-state index is 12.2. The minimum atomic E-state index is -0.655. The summed E-state index contributed by atoms with van der Waals surface area (Å²) in [5.41, 5.74) is 8.09. The molecule has 1 aromatic heterocycles. The molecule has 10 heteroatoms. The van der Waals surface area contributed by atoms with Gasteiger partial charge in [-0.1, -0.05) is 11.3 Å². The van der Waals surface area contributed by atoms with Crippen LogP contribution in [0.2, 0.25) is 0 Å². The second-order valence-corrected chi connectivity index (χ2v) is 7.85. The van der Waals surface area contributed by atoms with Gasteiger partial charge in [-0.15, -0.1) is 12.4 Å². The monoisotopic (exact) mass is 493 g/mol. The molecule has 0 saturated carbocycles. The molecule has 2 aromatic carbocycles. The highest BCUT2D eigenvalue weighted by atomic mass is 35.5. The van der Waals surface area contributed by atoms with Crippen LogP contribution in [0.3, 0.4) is 0 Å². The molecule has 3 rings (SSSR count). The van der Waals surface area contributed by atoms with Gasteiger partial charge in [0.25, 0.3) is 0 Å². The van der Waals surface area contributed by atoms with Crippen molar-refractivity contribution in [1.82, 2.24) is 4.98 Å². The van der Waals surface area contributed by atoms with Crippen LogP contribution in [0.15, 0.2) is 36.4 Å². The van der Waals surface area contributed by atoms with Crippen LogP contribution in [-0.2, 0) is 4.79 Å². The van der Waals surface area contributed by atoms with E-state index in [2.05, 4.69) is 10.3 Å². The van der Waals surface area contributed by atoms with E-state index in [4.69, 9.17) is 24.7 Å². The Morgan fingerprint density at radius 2 is 1.67 bits per heavy atom. The van der Waals surface area contributed by atoms with Crippen molar-refractivity contribution in [2.24, 2.45) is 5.73 Å². The molecule has 0 aliphatic carbocycles. The van der Waals surface area contributed by atoms with Crippen molar-refractivity contribution in [3.63, 3.8) is 0 Å². The number of nitrogens with one attached hydrogen (secondary N) is 1. The minimum Gasteiger partial charge on any atom is -0.494 e. The zero-order chi connectivity index (χ0) is 23.3. The fourth-order valence-electron chi connectivity index (χ4n) is 3.07. The van der Waals surface area contributed by atoms with Gasteiger partial charge in [-0.05, 0) is 50.2 Å². The van der Waals surface area contributed by atoms with Crippen LogP contribution < -0.4 is 30.0 Å². The van der Waals surface area contributed by atoms with Crippen LogP contribution in [0.1, 0.15) is 13.8 Å². The summed E-state index contributed by atoms with van der Waals surface area (Å²) >= 11 is 1.34. The molecule has 0 saturated heterocycles. The zero-order valence-corrected chi connectivity index (χ0v) is 20.8. The molecule has 3 N–H and O–H groups in total. The Labute approximate surface area is 203 Å². The van der Waals surface area contributed by atoms with E-state index in [-0.39, 0.29) is 18.3 Å². The Bertz CT molecular complexity index is 1060. The minimum absolute atomic E-state index is 0. The van der Waals surface area contributed by atoms with Crippen molar-refractivity contribution in [1.29, 1.82) is 0 Å². The molecule has 8 nitrogen and oxygen atoms in total. The fraction of sp³-hybridized carbons (Fsp3) is 0.304. The van der Waals surface area contributed by atoms with Crippen molar-refractivity contribution < 1.29 is 23.7 Å². The first-order valence-electron chi connectivity index (χ1n) is 10.0. The molecule has 0 aliphatic heterocycles. The van der Waals surface area contributed by atoms with E-state index in [1.54, 1.807) is 28.3 Å². The molecular formula is C23H28ClN3O5S. The first kappa shape index (κ1) is 26.2. The molecule has 0 spiro atoms. The molecule has 178 valence electrons. The summed E-state index contributed by atoms with van der Waals surface area (Å²) in [5.74, 6) is 2.00. The topological polar surface area (TPSA) is 105 Å². The summed E-state index contributed by atoms with van der Waals surface area (Å²) < 4.78 is 22.0. The molecule has 1 amide bonds. The van der Waals surface area contributed by atoms with Gasteiger partial charge >= 0.3 is 0 Å². The Balaban J connectivity index is 0.00000385. The molecule has 0 unspecified atom stereocenters. The molecule has 33 heavy (non-hydrogen) atoms. The predicted octanol–water partition coefficient (Wildman–Crippen LogP) is 4.61. The lowest BCUT2D eigenvalue weighted by Gasteiger charge is -2.14. The van der Waals surface area contributed by atoms with E-state index in [1.165, 1.54) is 11.3 Å². The van der Waals surface area contributed by atoms with E-state index in [0.717, 1.165) is 21.8 Å². The van der Waals surface area contributed by atoms with Gasteiger partial charge in [0.1, 0.15) is 5.75 Å². The molecule has 3 aromatic rings. The number of nitrogens with zero attached hydrogens (tertiary/aromatic N) is 1. The third-order valence-electron chi connectivity index (χ3n) is 4.64. The number of aromatic nitrogens is 1. The van der Waals surface area contributed by atoms with E-state index >= 15 is 0 Å². The number of benzene rings is 2. The molecule has 0 radical (unpaired) electrons. The molecule has 0 bridgehead atoms. The van der Waals surface area contributed by atoms with Crippen LogP contribution in [0.25, 0.3) is 21.7 Å². The summed E-state index contributed by atoms with van der Waals surface area (Å²) in [6.07, 6.45) is 0. The highest BCUT2D eigenvalue weighted by Crippen LogP contribution is 2.46. The van der Waals surface area contributed by atoms with Gasteiger partial charge in [-0.3, -0.25) is 4.79 Å². The van der Waals surface area contributed by atoms with Crippen LogP contribution in [-0.4, -0.2) is 44.9 Å². The van der Waals surface area contributed by atoms with E-state index in [9.17, 15) is 4.79 Å².